The van der Waals surface area contributed by atoms with Crippen LogP contribution in [-0.2, 0) is 10.1 Å². The van der Waals surface area contributed by atoms with E-state index in [1.54, 1.807) is 0 Å². The molecule has 0 saturated carbocycles. The van der Waals surface area contributed by atoms with E-state index in [0.29, 0.717) is 0 Å². The second-order valence-electron chi connectivity index (χ2n) is 3.66. The van der Waals surface area contributed by atoms with Gasteiger partial charge in [0.05, 0.1) is 0 Å². The smallest absolute Gasteiger partial charge is 0.296 e. The molecule has 0 unspecified atom stereocenters. The zero-order chi connectivity index (χ0) is 14.9. The third kappa shape index (κ3) is 2.81. The van der Waals surface area contributed by atoms with Crippen molar-refractivity contribution in [1.29, 1.82) is 0 Å². The van der Waals surface area contributed by atoms with Crippen molar-refractivity contribution in [2.24, 2.45) is 0 Å². The van der Waals surface area contributed by atoms with Crippen molar-refractivity contribution in [3.8, 4) is 0 Å². The third-order valence-electron chi connectivity index (χ3n) is 2.26. The Morgan fingerprint density at radius 1 is 1.30 bits per heavy atom. The minimum atomic E-state index is -4.70. The second kappa shape index (κ2) is 4.98. The van der Waals surface area contributed by atoms with Crippen LogP contribution in [0.25, 0.3) is 0 Å². The summed E-state index contributed by atoms with van der Waals surface area (Å²) in [4.78, 5) is 5.86. The number of nitrogen functional groups attached to an aromatic ring is 1. The van der Waals surface area contributed by atoms with Gasteiger partial charge in [0, 0.05) is 18.0 Å². The Morgan fingerprint density at radius 3 is 2.60 bits per heavy atom. The van der Waals surface area contributed by atoms with Gasteiger partial charge < -0.3 is 5.73 Å². The molecule has 0 aliphatic carbocycles. The highest BCUT2D eigenvalue weighted by atomic mass is 32.2. The molecule has 2 rings (SSSR count). The van der Waals surface area contributed by atoms with Crippen LogP contribution in [0.4, 0.5) is 26.2 Å². The summed E-state index contributed by atoms with van der Waals surface area (Å²) < 4.78 is 58.4. The summed E-state index contributed by atoms with van der Waals surface area (Å²) in [6.45, 7) is 0. The first kappa shape index (κ1) is 14.1. The Labute approximate surface area is 112 Å². The lowest BCUT2D eigenvalue weighted by Gasteiger charge is -2.14. The molecule has 0 spiro atoms. The molecule has 0 saturated heterocycles. The third-order valence-corrected chi connectivity index (χ3v) is 3.16. The lowest BCUT2D eigenvalue weighted by atomic mass is 10.3. The maximum absolute atomic E-state index is 14.1. The number of halogens is 2. The predicted octanol–water partition coefficient (Wildman–Crippen LogP) is 1.47. The number of hydrogen-bond donors (Lipinski definition) is 2. The van der Waals surface area contributed by atoms with Crippen molar-refractivity contribution in [3.63, 3.8) is 0 Å². The van der Waals surface area contributed by atoms with E-state index in [9.17, 15) is 17.3 Å². The van der Waals surface area contributed by atoms with E-state index in [0.717, 1.165) is 30.5 Å². The highest BCUT2D eigenvalue weighted by Gasteiger charge is 2.23. The van der Waals surface area contributed by atoms with Crippen LogP contribution in [0, 0.1) is 5.95 Å². The average Bonchev–Trinajstić information content (AvgIpc) is 2.36. The van der Waals surface area contributed by atoms with Gasteiger partial charge in [0.2, 0.25) is 5.95 Å². The second-order valence-corrected chi connectivity index (χ2v) is 5.05. The first-order valence-electron chi connectivity index (χ1n) is 5.10. The van der Waals surface area contributed by atoms with E-state index in [2.05, 4.69) is 9.97 Å². The zero-order valence-corrected chi connectivity index (χ0v) is 10.6. The van der Waals surface area contributed by atoms with E-state index in [4.69, 9.17) is 10.3 Å². The van der Waals surface area contributed by atoms with E-state index >= 15 is 0 Å². The number of benzene rings is 1. The lowest BCUT2D eigenvalue weighted by Crippen LogP contribution is -2.13. The number of rotatable bonds is 3. The molecule has 1 aromatic carbocycles. The molecule has 1 aromatic heterocycles. The summed E-state index contributed by atoms with van der Waals surface area (Å²) in [5, 5.41) is -0.289. The van der Waals surface area contributed by atoms with Gasteiger partial charge in [0.1, 0.15) is 10.6 Å². The monoisotopic (exact) mass is 302 g/mol. The van der Waals surface area contributed by atoms with Gasteiger partial charge in [-0.25, -0.2) is 4.98 Å². The summed E-state index contributed by atoms with van der Waals surface area (Å²) >= 11 is 0. The number of nitrogens with zero attached hydrogens (tertiary/aromatic N) is 3. The molecule has 0 amide bonds. The van der Waals surface area contributed by atoms with Crippen LogP contribution in [0.1, 0.15) is 0 Å². The molecule has 0 atom stereocenters. The summed E-state index contributed by atoms with van der Waals surface area (Å²) in [5.41, 5.74) is 4.84. The van der Waals surface area contributed by atoms with Crippen molar-refractivity contribution in [2.45, 2.75) is 4.90 Å². The Morgan fingerprint density at radius 2 is 2.00 bits per heavy atom. The van der Waals surface area contributed by atoms with Crippen LogP contribution in [-0.4, -0.2) is 22.9 Å². The predicted molar refractivity (Wildman–Crippen MR) is 65.9 cm³/mol. The minimum absolute atomic E-state index is 0.0338. The molecular formula is C10H8F2N4O3S. The molecule has 0 aliphatic heterocycles. The van der Waals surface area contributed by atoms with Gasteiger partial charge in [-0.3, -0.25) is 4.55 Å². The van der Waals surface area contributed by atoms with Crippen molar-refractivity contribution in [3.05, 3.63) is 36.4 Å². The Kier molecular flexibility index (Phi) is 3.51. The van der Waals surface area contributed by atoms with Crippen molar-refractivity contribution >= 4 is 27.4 Å². The standard InChI is InChI=1S/C10H8F2N4O3S/c11-9-3-4-14-10(15-9)16(12)7-5-6(13)1-2-8(7)20(17,18)19/h1-5H,13H2,(H,17,18,19). The fraction of sp³-hybridized carbons (Fsp3) is 0. The summed E-state index contributed by atoms with van der Waals surface area (Å²) in [6, 6.07) is 3.90. The summed E-state index contributed by atoms with van der Waals surface area (Å²) in [7, 11) is -4.70. The van der Waals surface area contributed by atoms with Gasteiger partial charge in [0.25, 0.3) is 16.1 Å². The Hall–Kier alpha value is -2.33. The van der Waals surface area contributed by atoms with Gasteiger partial charge in [-0.2, -0.15) is 17.8 Å². The normalized spacial score (nSPS) is 11.3. The maximum atomic E-state index is 14.1. The highest BCUT2D eigenvalue weighted by molar-refractivity contribution is 7.86. The first-order chi connectivity index (χ1) is 9.29. The molecule has 3 N–H and O–H groups in total. The Balaban J connectivity index is 2.60. The molecule has 7 nitrogen and oxygen atoms in total. The number of anilines is 3. The molecule has 2 aromatic rings. The van der Waals surface area contributed by atoms with Gasteiger partial charge in [-0.05, 0) is 18.2 Å². The largest absolute Gasteiger partial charge is 0.399 e. The SMILES string of the molecule is Nc1ccc(S(=O)(=O)O)c(N(F)c2nccc(F)n2)c1. The minimum Gasteiger partial charge on any atom is -0.399 e. The number of aromatic nitrogens is 2. The summed E-state index contributed by atoms with van der Waals surface area (Å²) in [6.07, 6.45) is 0.948. The van der Waals surface area contributed by atoms with Crippen LogP contribution in [0.5, 0.6) is 0 Å². The fourth-order valence-electron chi connectivity index (χ4n) is 1.44. The molecule has 106 valence electrons. The van der Waals surface area contributed by atoms with Crippen molar-refractivity contribution < 1.29 is 21.8 Å². The van der Waals surface area contributed by atoms with Gasteiger partial charge in [0.15, 0.2) is 0 Å². The average molecular weight is 302 g/mol. The van der Waals surface area contributed by atoms with Crippen molar-refractivity contribution in [1.82, 2.24) is 9.97 Å². The van der Waals surface area contributed by atoms with Crippen LogP contribution < -0.4 is 10.9 Å². The topological polar surface area (TPSA) is 109 Å². The first-order valence-corrected chi connectivity index (χ1v) is 6.54. The van der Waals surface area contributed by atoms with Crippen LogP contribution in [0.2, 0.25) is 0 Å². The molecule has 0 radical (unpaired) electrons. The van der Waals surface area contributed by atoms with Crippen LogP contribution in [0.15, 0.2) is 35.4 Å². The molecule has 20 heavy (non-hydrogen) atoms. The molecule has 0 aliphatic rings. The Bertz CT molecular complexity index is 754. The van der Waals surface area contributed by atoms with E-state index in [-0.39, 0.29) is 10.8 Å². The lowest BCUT2D eigenvalue weighted by molar-refractivity contribution is 0.466. The van der Waals surface area contributed by atoms with Crippen LogP contribution in [0.3, 0.4) is 0 Å². The quantitative estimate of drug-likeness (QED) is 0.382. The van der Waals surface area contributed by atoms with Crippen molar-refractivity contribution in [2.75, 3.05) is 10.9 Å². The fourth-order valence-corrected chi connectivity index (χ4v) is 2.08. The summed E-state index contributed by atoms with van der Waals surface area (Å²) in [5.74, 6) is -1.74. The molecule has 0 fully saturated rings. The van der Waals surface area contributed by atoms with Gasteiger partial charge in [-0.1, -0.05) is 4.48 Å². The molecule has 1 heterocycles. The molecular weight excluding hydrogens is 294 g/mol. The van der Waals surface area contributed by atoms with Gasteiger partial charge >= 0.3 is 0 Å². The number of nitrogens with two attached hydrogens (primary N) is 1. The van der Waals surface area contributed by atoms with Crippen LogP contribution >= 0.6 is 0 Å². The van der Waals surface area contributed by atoms with Gasteiger partial charge in [-0.15, -0.1) is 5.12 Å². The van der Waals surface area contributed by atoms with E-state index < -0.39 is 32.6 Å². The number of hydrogen-bond acceptors (Lipinski definition) is 6. The maximum Gasteiger partial charge on any atom is 0.296 e. The van der Waals surface area contributed by atoms with E-state index in [1.807, 2.05) is 0 Å². The molecule has 10 heteroatoms. The zero-order valence-electron chi connectivity index (χ0n) is 9.73. The molecule has 0 bridgehead atoms. The highest BCUT2D eigenvalue weighted by Crippen LogP contribution is 2.31. The van der Waals surface area contributed by atoms with E-state index in [1.165, 1.54) is 0 Å².